The highest BCUT2D eigenvalue weighted by Gasteiger charge is 2.41. The van der Waals surface area contributed by atoms with Gasteiger partial charge in [0.2, 0.25) is 5.91 Å². The Balaban J connectivity index is 2.38. The van der Waals surface area contributed by atoms with Crippen molar-refractivity contribution in [2.24, 2.45) is 5.92 Å². The number of nitrogens with zero attached hydrogens (tertiary/aromatic N) is 3. The molecule has 1 N–H and O–H groups in total. The number of amides is 1. The molecule has 1 amide bonds. The van der Waals surface area contributed by atoms with Crippen molar-refractivity contribution in [3.05, 3.63) is 18.0 Å². The molecule has 0 radical (unpaired) electrons. The minimum atomic E-state index is -0.881. The van der Waals surface area contributed by atoms with E-state index in [1.54, 1.807) is 22.9 Å². The molecule has 0 saturated carbocycles. The molecule has 2 atom stereocenters. The van der Waals surface area contributed by atoms with Crippen LogP contribution in [0.1, 0.15) is 45.2 Å². The van der Waals surface area contributed by atoms with Gasteiger partial charge < -0.3 is 14.7 Å². The zero-order valence-electron chi connectivity index (χ0n) is 14.2. The van der Waals surface area contributed by atoms with Crippen LogP contribution in [0.3, 0.4) is 0 Å². The molecule has 7 heteroatoms. The molecule has 0 bridgehead atoms. The van der Waals surface area contributed by atoms with Crippen LogP contribution in [0, 0.1) is 5.92 Å². The molecule has 1 aliphatic heterocycles. The Kier molecular flexibility index (Phi) is 5.09. The zero-order valence-corrected chi connectivity index (χ0v) is 14.2. The maximum Gasteiger partial charge on any atom is 0.308 e. The average Bonchev–Trinajstić information content (AvgIpc) is 2.94. The molecule has 1 aliphatic rings. The lowest BCUT2D eigenvalue weighted by Crippen LogP contribution is -2.46. The second kappa shape index (κ2) is 6.70. The number of carboxylic acids is 1. The first-order chi connectivity index (χ1) is 10.8. The molecule has 1 saturated heterocycles. The minimum Gasteiger partial charge on any atom is -0.481 e. The van der Waals surface area contributed by atoms with Crippen LogP contribution in [0.5, 0.6) is 0 Å². The van der Waals surface area contributed by atoms with E-state index in [0.29, 0.717) is 19.6 Å². The second-order valence-corrected chi connectivity index (χ2v) is 6.90. The second-order valence-electron chi connectivity index (χ2n) is 6.90. The molecule has 1 aromatic heterocycles. The number of aromatic nitrogens is 2. The predicted molar refractivity (Wildman–Crippen MR) is 83.9 cm³/mol. The van der Waals surface area contributed by atoms with E-state index in [-0.39, 0.29) is 17.9 Å². The summed E-state index contributed by atoms with van der Waals surface area (Å²) in [7, 11) is 1.57. The Labute approximate surface area is 136 Å². The number of hydrogen-bond acceptors (Lipinski definition) is 4. The Hall–Kier alpha value is -1.89. The monoisotopic (exact) mass is 323 g/mol. The number of rotatable bonds is 5. The maximum absolute atomic E-state index is 12.3. The summed E-state index contributed by atoms with van der Waals surface area (Å²) < 4.78 is 6.87. The lowest BCUT2D eigenvalue weighted by atomic mass is 9.85. The van der Waals surface area contributed by atoms with E-state index >= 15 is 0 Å². The molecule has 1 fully saturated rings. The fourth-order valence-electron chi connectivity index (χ4n) is 2.93. The quantitative estimate of drug-likeness (QED) is 0.890. The van der Waals surface area contributed by atoms with Crippen molar-refractivity contribution >= 4 is 11.9 Å². The van der Waals surface area contributed by atoms with Gasteiger partial charge in [0.1, 0.15) is 0 Å². The van der Waals surface area contributed by atoms with Gasteiger partial charge in [-0.25, -0.2) is 0 Å². The van der Waals surface area contributed by atoms with Crippen molar-refractivity contribution < 1.29 is 19.4 Å². The van der Waals surface area contributed by atoms with E-state index in [2.05, 4.69) is 5.10 Å². The third-order valence-electron chi connectivity index (χ3n) is 4.19. The first-order valence-corrected chi connectivity index (χ1v) is 7.82. The van der Waals surface area contributed by atoms with Crippen molar-refractivity contribution in [1.29, 1.82) is 0 Å². The summed E-state index contributed by atoms with van der Waals surface area (Å²) in [4.78, 5) is 25.6. The average molecular weight is 323 g/mol. The predicted octanol–water partition coefficient (Wildman–Crippen LogP) is 1.65. The van der Waals surface area contributed by atoms with Gasteiger partial charge in [-0.2, -0.15) is 5.10 Å². The number of hydrogen-bond donors (Lipinski definition) is 1. The van der Waals surface area contributed by atoms with Crippen molar-refractivity contribution in [2.75, 3.05) is 20.3 Å². The smallest absolute Gasteiger partial charge is 0.308 e. The standard InChI is InChI=1S/C16H25N3O4/c1-16(2,3)19-10-11(9-17-19)14-12(15(21)22)5-6-13(20)18(14)7-8-23-4/h9-10,12,14H,5-8H2,1-4H3,(H,21,22). The largest absolute Gasteiger partial charge is 0.481 e. The van der Waals surface area contributed by atoms with Crippen molar-refractivity contribution in [3.63, 3.8) is 0 Å². The van der Waals surface area contributed by atoms with Gasteiger partial charge in [0, 0.05) is 31.8 Å². The molecule has 7 nitrogen and oxygen atoms in total. The van der Waals surface area contributed by atoms with Gasteiger partial charge in [-0.05, 0) is 27.2 Å². The Bertz CT molecular complexity index is 576. The van der Waals surface area contributed by atoms with Crippen molar-refractivity contribution in [1.82, 2.24) is 14.7 Å². The van der Waals surface area contributed by atoms with E-state index < -0.39 is 17.9 Å². The molecular formula is C16H25N3O4. The van der Waals surface area contributed by atoms with Gasteiger partial charge in [-0.3, -0.25) is 14.3 Å². The lowest BCUT2D eigenvalue weighted by Gasteiger charge is -2.39. The Morgan fingerprint density at radius 3 is 2.70 bits per heavy atom. The highest BCUT2D eigenvalue weighted by Crippen LogP contribution is 2.37. The number of carboxylic acid groups (broad SMARTS) is 1. The number of carbonyl (C=O) groups is 2. The molecule has 0 spiro atoms. The van der Waals surface area contributed by atoms with Crippen LogP contribution in [0.25, 0.3) is 0 Å². The highest BCUT2D eigenvalue weighted by molar-refractivity contribution is 5.81. The molecule has 23 heavy (non-hydrogen) atoms. The van der Waals surface area contributed by atoms with Crippen molar-refractivity contribution in [2.45, 2.75) is 45.2 Å². The molecule has 0 aliphatic carbocycles. The number of piperidine rings is 1. The SMILES string of the molecule is COCCN1C(=O)CCC(C(=O)O)C1c1cnn(C(C)(C)C)c1. The number of methoxy groups -OCH3 is 1. The normalized spacial score (nSPS) is 22.4. The van der Waals surface area contributed by atoms with Crippen LogP contribution < -0.4 is 0 Å². The van der Waals surface area contributed by atoms with Crippen LogP contribution in [-0.2, 0) is 19.9 Å². The zero-order chi connectivity index (χ0) is 17.2. The summed E-state index contributed by atoms with van der Waals surface area (Å²) in [5.41, 5.74) is 0.559. The molecule has 0 aromatic carbocycles. The van der Waals surface area contributed by atoms with E-state index in [4.69, 9.17) is 4.74 Å². The fraction of sp³-hybridized carbons (Fsp3) is 0.688. The van der Waals surface area contributed by atoms with Gasteiger partial charge in [-0.1, -0.05) is 0 Å². The summed E-state index contributed by atoms with van der Waals surface area (Å²) in [6, 6.07) is -0.500. The summed E-state index contributed by atoms with van der Waals surface area (Å²) in [6.07, 6.45) is 4.12. The number of likely N-dealkylation sites (tertiary alicyclic amines) is 1. The summed E-state index contributed by atoms with van der Waals surface area (Å²) >= 11 is 0. The van der Waals surface area contributed by atoms with E-state index in [9.17, 15) is 14.7 Å². The molecular weight excluding hydrogens is 298 g/mol. The molecule has 2 unspecified atom stereocenters. The highest BCUT2D eigenvalue weighted by atomic mass is 16.5. The van der Waals surface area contributed by atoms with Gasteiger partial charge in [0.25, 0.3) is 0 Å². The topological polar surface area (TPSA) is 84.7 Å². The maximum atomic E-state index is 12.3. The van der Waals surface area contributed by atoms with Crippen LogP contribution in [0.2, 0.25) is 0 Å². The van der Waals surface area contributed by atoms with Crippen LogP contribution >= 0.6 is 0 Å². The van der Waals surface area contributed by atoms with E-state index in [0.717, 1.165) is 5.56 Å². The summed E-state index contributed by atoms with van der Waals surface area (Å²) in [5.74, 6) is -1.54. The third kappa shape index (κ3) is 3.72. The minimum absolute atomic E-state index is 0.0342. The Morgan fingerprint density at radius 1 is 1.48 bits per heavy atom. The third-order valence-corrected chi connectivity index (χ3v) is 4.19. The number of carbonyl (C=O) groups excluding carboxylic acids is 1. The fourth-order valence-corrected chi connectivity index (χ4v) is 2.93. The van der Waals surface area contributed by atoms with Crippen LogP contribution in [-0.4, -0.2) is 51.9 Å². The van der Waals surface area contributed by atoms with Crippen molar-refractivity contribution in [3.8, 4) is 0 Å². The number of ether oxygens (including phenoxy) is 1. The molecule has 128 valence electrons. The summed E-state index contributed by atoms with van der Waals surface area (Å²) in [6.45, 7) is 6.82. The Morgan fingerprint density at radius 2 is 2.17 bits per heavy atom. The van der Waals surface area contributed by atoms with Gasteiger partial charge >= 0.3 is 5.97 Å². The van der Waals surface area contributed by atoms with Gasteiger partial charge in [0.05, 0.1) is 30.3 Å². The van der Waals surface area contributed by atoms with Crippen LogP contribution in [0.4, 0.5) is 0 Å². The summed E-state index contributed by atoms with van der Waals surface area (Å²) in [5, 5.41) is 13.9. The van der Waals surface area contributed by atoms with Crippen LogP contribution in [0.15, 0.2) is 12.4 Å². The van der Waals surface area contributed by atoms with Gasteiger partial charge in [-0.15, -0.1) is 0 Å². The van der Waals surface area contributed by atoms with E-state index in [1.807, 2.05) is 27.0 Å². The molecule has 2 rings (SSSR count). The molecule has 1 aromatic rings. The van der Waals surface area contributed by atoms with Gasteiger partial charge in [0.15, 0.2) is 0 Å². The number of aliphatic carboxylic acids is 1. The first-order valence-electron chi connectivity index (χ1n) is 7.82. The molecule has 2 heterocycles. The first kappa shape index (κ1) is 17.5. The lowest BCUT2D eigenvalue weighted by molar-refractivity contribution is -0.152. The van der Waals surface area contributed by atoms with E-state index in [1.165, 1.54) is 0 Å².